The van der Waals surface area contributed by atoms with Crippen LogP contribution in [0.2, 0.25) is 0 Å². The van der Waals surface area contributed by atoms with Crippen molar-refractivity contribution in [1.82, 2.24) is 5.32 Å². The Kier molecular flexibility index (Phi) is 3.69. The maximum absolute atomic E-state index is 6.24. The van der Waals surface area contributed by atoms with Gasteiger partial charge in [0.1, 0.15) is 0 Å². The molecule has 0 saturated carbocycles. The van der Waals surface area contributed by atoms with E-state index in [4.69, 9.17) is 5.73 Å². The van der Waals surface area contributed by atoms with E-state index in [0.29, 0.717) is 12.1 Å². The van der Waals surface area contributed by atoms with Gasteiger partial charge in [0, 0.05) is 23.0 Å². The lowest BCUT2D eigenvalue weighted by Crippen LogP contribution is -2.24. The lowest BCUT2D eigenvalue weighted by Gasteiger charge is -2.22. The van der Waals surface area contributed by atoms with E-state index in [1.165, 1.54) is 16.0 Å². The molecule has 3 rings (SSSR count). The number of rotatable bonds is 4. The van der Waals surface area contributed by atoms with Crippen LogP contribution in [-0.2, 0) is 0 Å². The van der Waals surface area contributed by atoms with Crippen LogP contribution in [0.15, 0.2) is 41.8 Å². The van der Waals surface area contributed by atoms with Gasteiger partial charge in [0.05, 0.1) is 0 Å². The number of nitrogens with two attached hydrogens (primary N) is 1. The fraction of sp³-hybridized carbons (Fsp3) is 0.375. The molecule has 3 N–H and O–H groups in total. The van der Waals surface area contributed by atoms with E-state index in [-0.39, 0.29) is 6.04 Å². The average Bonchev–Trinajstić information content (AvgIpc) is 3.06. The molecule has 100 valence electrons. The van der Waals surface area contributed by atoms with Gasteiger partial charge in [0.25, 0.3) is 0 Å². The predicted octanol–water partition coefficient (Wildman–Crippen LogP) is 3.93. The fourth-order valence-electron chi connectivity index (χ4n) is 2.97. The third-order valence-corrected chi connectivity index (χ3v) is 4.94. The van der Waals surface area contributed by atoms with Gasteiger partial charge in [-0.3, -0.25) is 0 Å². The monoisotopic (exact) mass is 272 g/mol. The highest BCUT2D eigenvalue weighted by Gasteiger charge is 2.29. The van der Waals surface area contributed by atoms with Gasteiger partial charge in [0.2, 0.25) is 0 Å². The second-order valence-electron chi connectivity index (χ2n) is 5.17. The number of hydrogen-bond donors (Lipinski definition) is 2. The van der Waals surface area contributed by atoms with Crippen LogP contribution in [0.3, 0.4) is 0 Å². The molecule has 19 heavy (non-hydrogen) atoms. The van der Waals surface area contributed by atoms with Crippen molar-refractivity contribution in [1.29, 1.82) is 0 Å². The van der Waals surface area contributed by atoms with Gasteiger partial charge in [-0.1, -0.05) is 37.3 Å². The molecule has 1 aliphatic carbocycles. The lowest BCUT2D eigenvalue weighted by molar-refractivity contribution is 0.423. The molecule has 3 atom stereocenters. The number of hydrogen-bond acceptors (Lipinski definition) is 3. The summed E-state index contributed by atoms with van der Waals surface area (Å²) in [7, 11) is 0. The van der Waals surface area contributed by atoms with E-state index in [9.17, 15) is 0 Å². The van der Waals surface area contributed by atoms with Gasteiger partial charge in [0.15, 0.2) is 0 Å². The van der Waals surface area contributed by atoms with Crippen molar-refractivity contribution >= 4 is 11.3 Å². The third kappa shape index (κ3) is 2.46. The highest BCUT2D eigenvalue weighted by atomic mass is 32.1. The first kappa shape index (κ1) is 12.9. The first-order chi connectivity index (χ1) is 9.29. The number of fused-ring (bicyclic) bond motifs is 1. The molecule has 0 radical (unpaired) electrons. The van der Waals surface area contributed by atoms with E-state index in [1.807, 2.05) is 11.3 Å². The van der Waals surface area contributed by atoms with Crippen molar-refractivity contribution in [3.05, 3.63) is 57.8 Å². The molecule has 0 bridgehead atoms. The number of thiophene rings is 1. The molecule has 1 aromatic carbocycles. The minimum absolute atomic E-state index is 0.176. The molecule has 2 aromatic rings. The molecule has 0 fully saturated rings. The molecule has 2 nitrogen and oxygen atoms in total. The standard InChI is InChI=1S/C16H20N2S/c1-2-14(16-8-5-9-19-16)18-15-10-13(17)11-6-3-4-7-12(11)15/h3-9,13-15,18H,2,10,17H2,1H3. The van der Waals surface area contributed by atoms with E-state index in [2.05, 4.69) is 54.0 Å². The molecule has 0 amide bonds. The topological polar surface area (TPSA) is 38.0 Å². The summed E-state index contributed by atoms with van der Waals surface area (Å²) in [6.45, 7) is 2.23. The van der Waals surface area contributed by atoms with Gasteiger partial charge in [-0.05, 0) is 35.4 Å². The summed E-state index contributed by atoms with van der Waals surface area (Å²) in [5.41, 5.74) is 8.92. The van der Waals surface area contributed by atoms with E-state index in [0.717, 1.165) is 12.8 Å². The Balaban J connectivity index is 1.81. The second kappa shape index (κ2) is 5.45. The Hall–Kier alpha value is -1.16. The third-order valence-electron chi connectivity index (χ3n) is 3.96. The first-order valence-electron chi connectivity index (χ1n) is 6.93. The summed E-state index contributed by atoms with van der Waals surface area (Å²) in [4.78, 5) is 1.42. The van der Waals surface area contributed by atoms with Crippen molar-refractivity contribution in [2.75, 3.05) is 0 Å². The average molecular weight is 272 g/mol. The van der Waals surface area contributed by atoms with Crippen molar-refractivity contribution in [3.63, 3.8) is 0 Å². The van der Waals surface area contributed by atoms with Crippen molar-refractivity contribution in [2.24, 2.45) is 5.73 Å². The zero-order valence-electron chi connectivity index (χ0n) is 11.2. The maximum Gasteiger partial charge on any atom is 0.0417 e. The molecule has 0 aliphatic heterocycles. The van der Waals surface area contributed by atoms with Crippen LogP contribution in [0.5, 0.6) is 0 Å². The summed E-state index contributed by atoms with van der Waals surface area (Å²) in [5.74, 6) is 0. The number of benzene rings is 1. The van der Waals surface area contributed by atoms with Crippen LogP contribution in [0.1, 0.15) is 53.9 Å². The largest absolute Gasteiger partial charge is 0.324 e. The van der Waals surface area contributed by atoms with Crippen LogP contribution >= 0.6 is 11.3 Å². The molecule has 0 spiro atoms. The highest BCUT2D eigenvalue weighted by Crippen LogP contribution is 2.39. The fourth-order valence-corrected chi connectivity index (χ4v) is 3.84. The molecular formula is C16H20N2S. The van der Waals surface area contributed by atoms with Gasteiger partial charge in [-0.2, -0.15) is 0 Å². The summed E-state index contributed by atoms with van der Waals surface area (Å²) in [6.07, 6.45) is 2.11. The Morgan fingerprint density at radius 2 is 2.05 bits per heavy atom. The zero-order chi connectivity index (χ0) is 13.2. The first-order valence-corrected chi connectivity index (χ1v) is 7.81. The molecule has 0 saturated heterocycles. The minimum Gasteiger partial charge on any atom is -0.324 e. The van der Waals surface area contributed by atoms with Crippen molar-refractivity contribution < 1.29 is 0 Å². The van der Waals surface area contributed by atoms with Gasteiger partial charge < -0.3 is 11.1 Å². The Bertz CT molecular complexity index is 535. The molecule has 3 unspecified atom stereocenters. The van der Waals surface area contributed by atoms with Crippen LogP contribution in [0, 0.1) is 0 Å². The Morgan fingerprint density at radius 3 is 2.74 bits per heavy atom. The van der Waals surface area contributed by atoms with Crippen molar-refractivity contribution in [3.8, 4) is 0 Å². The van der Waals surface area contributed by atoms with E-state index < -0.39 is 0 Å². The van der Waals surface area contributed by atoms with Crippen molar-refractivity contribution in [2.45, 2.75) is 37.9 Å². The highest BCUT2D eigenvalue weighted by molar-refractivity contribution is 7.10. The van der Waals surface area contributed by atoms with Crippen LogP contribution in [0.25, 0.3) is 0 Å². The van der Waals surface area contributed by atoms with Crippen LogP contribution in [0.4, 0.5) is 0 Å². The lowest BCUT2D eigenvalue weighted by atomic mass is 10.1. The molecule has 3 heteroatoms. The smallest absolute Gasteiger partial charge is 0.0417 e. The van der Waals surface area contributed by atoms with E-state index in [1.54, 1.807) is 0 Å². The summed E-state index contributed by atoms with van der Waals surface area (Å²) < 4.78 is 0. The Labute approximate surface area is 118 Å². The quantitative estimate of drug-likeness (QED) is 0.885. The van der Waals surface area contributed by atoms with E-state index >= 15 is 0 Å². The minimum atomic E-state index is 0.176. The summed E-state index contributed by atoms with van der Waals surface area (Å²) >= 11 is 1.83. The maximum atomic E-state index is 6.24. The van der Waals surface area contributed by atoms with Crippen LogP contribution < -0.4 is 11.1 Å². The molecule has 1 heterocycles. The van der Waals surface area contributed by atoms with Crippen LogP contribution in [-0.4, -0.2) is 0 Å². The molecule has 1 aliphatic rings. The number of nitrogens with one attached hydrogen (secondary N) is 1. The summed E-state index contributed by atoms with van der Waals surface area (Å²) in [6, 6.07) is 13.9. The summed E-state index contributed by atoms with van der Waals surface area (Å²) in [5, 5.41) is 5.93. The zero-order valence-corrected chi connectivity index (χ0v) is 12.0. The predicted molar refractivity (Wildman–Crippen MR) is 81.2 cm³/mol. The van der Waals surface area contributed by atoms with Gasteiger partial charge in [-0.25, -0.2) is 0 Å². The molecular weight excluding hydrogens is 252 g/mol. The van der Waals surface area contributed by atoms with Gasteiger partial charge >= 0.3 is 0 Å². The molecule has 1 aromatic heterocycles. The normalized spacial score (nSPS) is 23.3. The SMILES string of the molecule is CCC(NC1CC(N)c2ccccc21)c1cccs1. The van der Waals surface area contributed by atoms with Gasteiger partial charge in [-0.15, -0.1) is 11.3 Å². The second-order valence-corrected chi connectivity index (χ2v) is 6.15. The Morgan fingerprint density at radius 1 is 1.26 bits per heavy atom.